The molecule has 0 heterocycles. The van der Waals surface area contributed by atoms with Crippen LogP contribution in [0.4, 0.5) is 0 Å². The van der Waals surface area contributed by atoms with E-state index in [2.05, 4.69) is 13.2 Å². The Morgan fingerprint density at radius 1 is 1.08 bits per heavy atom. The second-order valence-electron chi connectivity index (χ2n) is 4.88. The number of esters is 2. The lowest BCUT2D eigenvalue weighted by Gasteiger charge is -2.14. The molecule has 6 nitrogen and oxygen atoms in total. The van der Waals surface area contributed by atoms with Gasteiger partial charge in [0, 0.05) is 6.42 Å². The second-order valence-corrected chi connectivity index (χ2v) is 4.88. The highest BCUT2D eigenvalue weighted by Crippen LogP contribution is 2.32. The third kappa shape index (κ3) is 7.12. The molecule has 0 saturated carbocycles. The van der Waals surface area contributed by atoms with Crippen molar-refractivity contribution >= 4 is 11.9 Å². The number of para-hydroxylation sites is 1. The van der Waals surface area contributed by atoms with E-state index in [1.54, 1.807) is 37.3 Å². The van der Waals surface area contributed by atoms with Gasteiger partial charge in [0.1, 0.15) is 18.8 Å². The minimum Gasteiger partial charge on any atom is -0.486 e. The fourth-order valence-corrected chi connectivity index (χ4v) is 1.92. The first kappa shape index (κ1) is 20.3. The molecule has 1 rings (SSSR count). The minimum absolute atomic E-state index is 0.107. The van der Waals surface area contributed by atoms with Crippen LogP contribution in [0.25, 0.3) is 0 Å². The molecule has 136 valence electrons. The fourth-order valence-electron chi connectivity index (χ4n) is 1.92. The molecular weight excluding hydrogens is 324 g/mol. The van der Waals surface area contributed by atoms with E-state index in [1.165, 1.54) is 0 Å². The first-order chi connectivity index (χ1) is 12.1. The molecule has 1 aromatic carbocycles. The van der Waals surface area contributed by atoms with Gasteiger partial charge in [-0.15, -0.1) is 0 Å². The van der Waals surface area contributed by atoms with E-state index < -0.39 is 5.97 Å². The molecule has 0 unspecified atom stereocenters. The van der Waals surface area contributed by atoms with Crippen molar-refractivity contribution < 1.29 is 28.5 Å². The standard InChI is InChI=1S/C19H24O6/c1-4-12-23-16-10-7-9-15(18(16)24-13-5-2)19(21)25-14-8-11-17(20)22-6-3/h4-5,7,9-10H,1-2,6,8,11-14H2,3H3. The minimum atomic E-state index is -0.549. The van der Waals surface area contributed by atoms with E-state index in [1.807, 2.05) is 0 Å². The van der Waals surface area contributed by atoms with Crippen molar-refractivity contribution in [2.24, 2.45) is 0 Å². The molecule has 0 fully saturated rings. The number of carbonyl (C=O) groups is 2. The third-order valence-electron chi connectivity index (χ3n) is 2.96. The van der Waals surface area contributed by atoms with Gasteiger partial charge in [0.25, 0.3) is 0 Å². The smallest absolute Gasteiger partial charge is 0.342 e. The first-order valence-corrected chi connectivity index (χ1v) is 8.07. The normalized spacial score (nSPS) is 9.80. The van der Waals surface area contributed by atoms with Gasteiger partial charge in [-0.2, -0.15) is 0 Å². The molecule has 6 heteroatoms. The maximum absolute atomic E-state index is 12.3. The summed E-state index contributed by atoms with van der Waals surface area (Å²) in [7, 11) is 0. The molecule has 0 aliphatic carbocycles. The molecule has 25 heavy (non-hydrogen) atoms. The van der Waals surface area contributed by atoms with Crippen LogP contribution in [0.1, 0.15) is 30.1 Å². The molecule has 0 aliphatic rings. The number of hydrogen-bond donors (Lipinski definition) is 0. The third-order valence-corrected chi connectivity index (χ3v) is 2.96. The van der Waals surface area contributed by atoms with Crippen molar-refractivity contribution in [3.63, 3.8) is 0 Å². The van der Waals surface area contributed by atoms with E-state index in [-0.39, 0.29) is 37.8 Å². The zero-order valence-electron chi connectivity index (χ0n) is 14.5. The summed E-state index contributed by atoms with van der Waals surface area (Å²) in [5.41, 5.74) is 0.250. The first-order valence-electron chi connectivity index (χ1n) is 8.07. The summed E-state index contributed by atoms with van der Waals surface area (Å²) in [6.45, 7) is 9.86. The number of carbonyl (C=O) groups excluding carboxylic acids is 2. The maximum Gasteiger partial charge on any atom is 0.342 e. The molecule has 0 aromatic heterocycles. The van der Waals surface area contributed by atoms with E-state index in [4.69, 9.17) is 18.9 Å². The summed E-state index contributed by atoms with van der Waals surface area (Å²) in [4.78, 5) is 23.6. The van der Waals surface area contributed by atoms with Crippen LogP contribution < -0.4 is 9.47 Å². The molecule has 0 N–H and O–H groups in total. The Bertz CT molecular complexity index is 594. The Hall–Kier alpha value is -2.76. The predicted octanol–water partition coefficient (Wildman–Crippen LogP) is 3.32. The molecule has 0 bridgehead atoms. The highest BCUT2D eigenvalue weighted by Gasteiger charge is 2.18. The van der Waals surface area contributed by atoms with Crippen LogP contribution in [0, 0.1) is 0 Å². The van der Waals surface area contributed by atoms with Gasteiger partial charge in [-0.25, -0.2) is 4.79 Å². The highest BCUT2D eigenvalue weighted by atomic mass is 16.5. The molecule has 0 radical (unpaired) electrons. The predicted molar refractivity (Wildman–Crippen MR) is 94.0 cm³/mol. The second kappa shape index (κ2) is 11.7. The van der Waals surface area contributed by atoms with Crippen molar-refractivity contribution in [2.75, 3.05) is 26.4 Å². The summed E-state index contributed by atoms with van der Waals surface area (Å²) in [6.07, 6.45) is 3.75. The van der Waals surface area contributed by atoms with Gasteiger partial charge in [0.2, 0.25) is 0 Å². The van der Waals surface area contributed by atoms with E-state index in [0.717, 1.165) is 0 Å². The van der Waals surface area contributed by atoms with Crippen LogP contribution in [-0.4, -0.2) is 38.4 Å². The average molecular weight is 348 g/mol. The van der Waals surface area contributed by atoms with Gasteiger partial charge in [0.15, 0.2) is 11.5 Å². The lowest BCUT2D eigenvalue weighted by Crippen LogP contribution is -2.12. The molecular formula is C19H24O6. The van der Waals surface area contributed by atoms with E-state index in [9.17, 15) is 9.59 Å². The Labute approximate surface area is 148 Å². The number of rotatable bonds is 12. The molecule has 0 saturated heterocycles. The lowest BCUT2D eigenvalue weighted by atomic mass is 10.2. The van der Waals surface area contributed by atoms with Crippen LogP contribution in [-0.2, 0) is 14.3 Å². The van der Waals surface area contributed by atoms with Crippen molar-refractivity contribution in [3.05, 3.63) is 49.1 Å². The molecule has 0 atom stereocenters. The molecule has 0 aliphatic heterocycles. The van der Waals surface area contributed by atoms with Gasteiger partial charge < -0.3 is 18.9 Å². The number of hydrogen-bond acceptors (Lipinski definition) is 6. The quantitative estimate of drug-likeness (QED) is 0.328. The van der Waals surface area contributed by atoms with Crippen molar-refractivity contribution in [3.8, 4) is 11.5 Å². The van der Waals surface area contributed by atoms with Gasteiger partial charge >= 0.3 is 11.9 Å². The molecule has 0 spiro atoms. The van der Waals surface area contributed by atoms with Crippen molar-refractivity contribution in [1.29, 1.82) is 0 Å². The van der Waals surface area contributed by atoms with Crippen LogP contribution in [0.2, 0.25) is 0 Å². The summed E-state index contributed by atoms with van der Waals surface area (Å²) >= 11 is 0. The number of ether oxygens (including phenoxy) is 4. The summed E-state index contributed by atoms with van der Waals surface area (Å²) in [5, 5.41) is 0. The Morgan fingerprint density at radius 2 is 1.80 bits per heavy atom. The molecule has 1 aromatic rings. The monoisotopic (exact) mass is 348 g/mol. The van der Waals surface area contributed by atoms with Gasteiger partial charge in [-0.3, -0.25) is 4.79 Å². The summed E-state index contributed by atoms with van der Waals surface area (Å²) in [5.74, 6) is -0.150. The topological polar surface area (TPSA) is 71.1 Å². The highest BCUT2D eigenvalue weighted by molar-refractivity contribution is 5.93. The Balaban J connectivity index is 2.73. The van der Waals surface area contributed by atoms with Crippen LogP contribution >= 0.6 is 0 Å². The zero-order valence-corrected chi connectivity index (χ0v) is 14.5. The zero-order chi connectivity index (χ0) is 18.5. The fraction of sp³-hybridized carbons (Fsp3) is 0.368. The van der Waals surface area contributed by atoms with Gasteiger partial charge in [-0.1, -0.05) is 31.4 Å². The van der Waals surface area contributed by atoms with Gasteiger partial charge in [-0.05, 0) is 25.5 Å². The summed E-state index contributed by atoms with van der Waals surface area (Å²) in [6, 6.07) is 4.96. The Kier molecular flexibility index (Phi) is 9.51. The SMILES string of the molecule is C=CCOc1cccc(C(=O)OCCCC(=O)OCC)c1OCC=C. The van der Waals surface area contributed by atoms with E-state index in [0.29, 0.717) is 24.5 Å². The maximum atomic E-state index is 12.3. The molecule has 0 amide bonds. The lowest BCUT2D eigenvalue weighted by molar-refractivity contribution is -0.143. The Morgan fingerprint density at radius 3 is 2.48 bits per heavy atom. The largest absolute Gasteiger partial charge is 0.486 e. The average Bonchev–Trinajstić information content (AvgIpc) is 2.62. The van der Waals surface area contributed by atoms with E-state index >= 15 is 0 Å². The van der Waals surface area contributed by atoms with Crippen molar-refractivity contribution in [2.45, 2.75) is 19.8 Å². The van der Waals surface area contributed by atoms with Crippen LogP contribution in [0.5, 0.6) is 11.5 Å². The van der Waals surface area contributed by atoms with Crippen LogP contribution in [0.15, 0.2) is 43.5 Å². The van der Waals surface area contributed by atoms with Crippen molar-refractivity contribution in [1.82, 2.24) is 0 Å². The number of benzene rings is 1. The summed E-state index contributed by atoms with van der Waals surface area (Å²) < 4.78 is 21.1. The van der Waals surface area contributed by atoms with Gasteiger partial charge in [0.05, 0.1) is 13.2 Å². The van der Waals surface area contributed by atoms with Crippen LogP contribution in [0.3, 0.4) is 0 Å².